The molecule has 0 aliphatic carbocycles. The Morgan fingerprint density at radius 1 is 0.750 bits per heavy atom. The van der Waals surface area contributed by atoms with Gasteiger partial charge in [0.05, 0.1) is 5.56 Å². The van der Waals surface area contributed by atoms with Gasteiger partial charge in [0, 0.05) is 42.8 Å². The van der Waals surface area contributed by atoms with Gasteiger partial charge in [-0.3, -0.25) is 4.79 Å². The zero-order chi connectivity index (χ0) is 19.3. The SMILES string of the molecule is O=C(c1ccccc1I)N1CCN(c2ccc(N3CCCCCC3)nn2)CC1. The van der Waals surface area contributed by atoms with Gasteiger partial charge >= 0.3 is 0 Å². The van der Waals surface area contributed by atoms with Crippen molar-refractivity contribution in [1.82, 2.24) is 15.1 Å². The first kappa shape index (κ1) is 19.4. The monoisotopic (exact) mass is 491 g/mol. The number of hydrogen-bond acceptors (Lipinski definition) is 5. The minimum absolute atomic E-state index is 0.118. The molecule has 1 amide bonds. The van der Waals surface area contributed by atoms with E-state index in [0.717, 1.165) is 46.9 Å². The Labute approximate surface area is 180 Å². The van der Waals surface area contributed by atoms with Crippen LogP contribution in [0.25, 0.3) is 0 Å². The Hall–Kier alpha value is -1.90. The van der Waals surface area contributed by atoms with Crippen LogP contribution in [-0.4, -0.2) is 60.3 Å². The number of benzene rings is 1. The fraction of sp³-hybridized carbons (Fsp3) is 0.476. The number of carbonyl (C=O) groups is 1. The van der Waals surface area contributed by atoms with Crippen LogP contribution in [0, 0.1) is 3.57 Å². The molecule has 0 spiro atoms. The lowest BCUT2D eigenvalue weighted by Gasteiger charge is -2.35. The first-order valence-electron chi connectivity index (χ1n) is 10.1. The van der Waals surface area contributed by atoms with Gasteiger partial charge < -0.3 is 14.7 Å². The number of nitrogens with zero attached hydrogens (tertiary/aromatic N) is 5. The molecule has 0 N–H and O–H groups in total. The molecule has 2 aliphatic rings. The van der Waals surface area contributed by atoms with E-state index in [1.165, 1.54) is 25.7 Å². The number of carbonyl (C=O) groups excluding carboxylic acids is 1. The maximum atomic E-state index is 12.8. The predicted molar refractivity (Wildman–Crippen MR) is 120 cm³/mol. The molecular formula is C21H26IN5O. The van der Waals surface area contributed by atoms with Gasteiger partial charge in [0.25, 0.3) is 5.91 Å². The van der Waals surface area contributed by atoms with Crippen LogP contribution in [0.15, 0.2) is 36.4 Å². The molecule has 0 unspecified atom stereocenters. The summed E-state index contributed by atoms with van der Waals surface area (Å²) >= 11 is 2.23. The highest BCUT2D eigenvalue weighted by Crippen LogP contribution is 2.21. The van der Waals surface area contributed by atoms with Crippen LogP contribution in [0.2, 0.25) is 0 Å². The Kier molecular flexibility index (Phi) is 6.29. The van der Waals surface area contributed by atoms with E-state index in [-0.39, 0.29) is 5.91 Å². The van der Waals surface area contributed by atoms with Gasteiger partial charge in [-0.05, 0) is 59.7 Å². The number of anilines is 2. The molecule has 1 aromatic carbocycles. The summed E-state index contributed by atoms with van der Waals surface area (Å²) in [6, 6.07) is 11.9. The molecule has 0 saturated carbocycles. The molecule has 0 radical (unpaired) electrons. The molecule has 2 fully saturated rings. The van der Waals surface area contributed by atoms with Crippen molar-refractivity contribution in [1.29, 1.82) is 0 Å². The van der Waals surface area contributed by atoms with Crippen molar-refractivity contribution in [3.8, 4) is 0 Å². The maximum Gasteiger partial charge on any atom is 0.255 e. The first-order valence-corrected chi connectivity index (χ1v) is 11.2. The lowest BCUT2D eigenvalue weighted by Crippen LogP contribution is -2.49. The second-order valence-electron chi connectivity index (χ2n) is 7.41. The van der Waals surface area contributed by atoms with Crippen molar-refractivity contribution in [3.05, 3.63) is 45.5 Å². The van der Waals surface area contributed by atoms with Gasteiger partial charge in [0.2, 0.25) is 0 Å². The molecule has 7 heteroatoms. The standard InChI is InChI=1S/C21H26IN5O/c22-18-8-4-3-7-17(18)21(28)27-15-13-26(14-16-27)20-10-9-19(23-24-20)25-11-5-1-2-6-12-25/h3-4,7-10H,1-2,5-6,11-16H2. The van der Waals surface area contributed by atoms with Crippen molar-refractivity contribution >= 4 is 40.1 Å². The largest absolute Gasteiger partial charge is 0.355 e. The predicted octanol–water partition coefficient (Wildman–Crippen LogP) is 3.42. The van der Waals surface area contributed by atoms with Crippen molar-refractivity contribution in [2.75, 3.05) is 49.1 Å². The first-order chi connectivity index (χ1) is 13.7. The van der Waals surface area contributed by atoms with E-state index < -0.39 is 0 Å². The average Bonchev–Trinajstić information content (AvgIpc) is 3.04. The Balaban J connectivity index is 1.36. The fourth-order valence-electron chi connectivity index (χ4n) is 3.90. The summed E-state index contributed by atoms with van der Waals surface area (Å²) < 4.78 is 1.00. The molecule has 2 saturated heterocycles. The summed E-state index contributed by atoms with van der Waals surface area (Å²) in [5.74, 6) is 2.00. The summed E-state index contributed by atoms with van der Waals surface area (Å²) in [6.07, 6.45) is 5.10. The second kappa shape index (κ2) is 9.07. The van der Waals surface area contributed by atoms with Crippen LogP contribution >= 0.6 is 22.6 Å². The molecule has 2 aliphatic heterocycles. The fourth-order valence-corrected chi connectivity index (χ4v) is 4.52. The average molecular weight is 491 g/mol. The lowest BCUT2D eigenvalue weighted by molar-refractivity contribution is 0.0745. The molecule has 0 bridgehead atoms. The van der Waals surface area contributed by atoms with Crippen LogP contribution in [0.5, 0.6) is 0 Å². The molecule has 6 nitrogen and oxygen atoms in total. The third-order valence-corrected chi connectivity index (χ3v) is 6.50. The smallest absolute Gasteiger partial charge is 0.255 e. The summed E-state index contributed by atoms with van der Waals surface area (Å²) in [5, 5.41) is 8.97. The number of rotatable bonds is 3. The minimum atomic E-state index is 0.118. The number of hydrogen-bond donors (Lipinski definition) is 0. The van der Waals surface area contributed by atoms with Gasteiger partial charge in [-0.25, -0.2) is 0 Å². The molecule has 0 atom stereocenters. The molecule has 28 heavy (non-hydrogen) atoms. The molecule has 3 heterocycles. The topological polar surface area (TPSA) is 52.6 Å². The normalized spacial score (nSPS) is 18.1. The van der Waals surface area contributed by atoms with Gasteiger partial charge in [-0.2, -0.15) is 0 Å². The van der Waals surface area contributed by atoms with Crippen LogP contribution in [0.4, 0.5) is 11.6 Å². The molecule has 4 rings (SSSR count). The second-order valence-corrected chi connectivity index (χ2v) is 8.57. The highest BCUT2D eigenvalue weighted by Gasteiger charge is 2.24. The third-order valence-electron chi connectivity index (χ3n) is 5.56. The van der Waals surface area contributed by atoms with Crippen LogP contribution < -0.4 is 9.80 Å². The number of piperazine rings is 1. The Morgan fingerprint density at radius 2 is 1.32 bits per heavy atom. The van der Waals surface area contributed by atoms with Crippen LogP contribution in [-0.2, 0) is 0 Å². The van der Waals surface area contributed by atoms with E-state index >= 15 is 0 Å². The van der Waals surface area contributed by atoms with Gasteiger partial charge in [-0.1, -0.05) is 25.0 Å². The number of aromatic nitrogens is 2. The van der Waals surface area contributed by atoms with E-state index in [2.05, 4.69) is 54.7 Å². The summed E-state index contributed by atoms with van der Waals surface area (Å²) in [7, 11) is 0. The lowest BCUT2D eigenvalue weighted by atomic mass is 10.2. The van der Waals surface area contributed by atoms with E-state index in [4.69, 9.17) is 0 Å². The number of halogens is 1. The van der Waals surface area contributed by atoms with E-state index in [1.807, 2.05) is 29.2 Å². The minimum Gasteiger partial charge on any atom is -0.355 e. The van der Waals surface area contributed by atoms with Gasteiger partial charge in [0.1, 0.15) is 0 Å². The quantitative estimate of drug-likeness (QED) is 0.617. The Bertz CT molecular complexity index is 797. The summed E-state index contributed by atoms with van der Waals surface area (Å²) in [5.41, 5.74) is 0.790. The van der Waals surface area contributed by atoms with Crippen LogP contribution in [0.1, 0.15) is 36.0 Å². The van der Waals surface area contributed by atoms with Crippen molar-refractivity contribution in [2.24, 2.45) is 0 Å². The molecule has 148 valence electrons. The summed E-state index contributed by atoms with van der Waals surface area (Å²) in [6.45, 7) is 5.14. The highest BCUT2D eigenvalue weighted by atomic mass is 127. The van der Waals surface area contributed by atoms with Crippen molar-refractivity contribution in [3.63, 3.8) is 0 Å². The van der Waals surface area contributed by atoms with Crippen LogP contribution in [0.3, 0.4) is 0 Å². The van der Waals surface area contributed by atoms with Gasteiger partial charge in [-0.15, -0.1) is 10.2 Å². The summed E-state index contributed by atoms with van der Waals surface area (Å²) in [4.78, 5) is 19.3. The number of amides is 1. The zero-order valence-corrected chi connectivity index (χ0v) is 18.2. The zero-order valence-electron chi connectivity index (χ0n) is 16.1. The van der Waals surface area contributed by atoms with E-state index in [1.54, 1.807) is 0 Å². The van der Waals surface area contributed by atoms with Crippen molar-refractivity contribution in [2.45, 2.75) is 25.7 Å². The maximum absolute atomic E-state index is 12.8. The third kappa shape index (κ3) is 4.39. The molecule has 1 aromatic heterocycles. The van der Waals surface area contributed by atoms with E-state index in [9.17, 15) is 4.79 Å². The van der Waals surface area contributed by atoms with Crippen molar-refractivity contribution < 1.29 is 4.79 Å². The Morgan fingerprint density at radius 3 is 1.89 bits per heavy atom. The van der Waals surface area contributed by atoms with E-state index in [0.29, 0.717) is 13.1 Å². The van der Waals surface area contributed by atoms with Gasteiger partial charge in [0.15, 0.2) is 11.6 Å². The highest BCUT2D eigenvalue weighted by molar-refractivity contribution is 14.1. The molecular weight excluding hydrogens is 465 g/mol. The molecule has 2 aromatic rings.